The lowest BCUT2D eigenvalue weighted by atomic mass is 10.1. The van der Waals surface area contributed by atoms with Gasteiger partial charge < -0.3 is 4.90 Å². The van der Waals surface area contributed by atoms with Gasteiger partial charge in [-0.1, -0.05) is 13.0 Å². The molecule has 3 heteroatoms. The van der Waals surface area contributed by atoms with Gasteiger partial charge in [0, 0.05) is 12.7 Å². The monoisotopic (exact) mass is 180 g/mol. The molecule has 0 radical (unpaired) electrons. The number of hydrogen-bond acceptors (Lipinski definition) is 3. The summed E-state index contributed by atoms with van der Waals surface area (Å²) in [6, 6.07) is 0. The Kier molecular flexibility index (Phi) is 4.44. The Balaban J connectivity index is 2.20. The van der Waals surface area contributed by atoms with Gasteiger partial charge in [0.05, 0.1) is 0 Å². The number of nitrogens with zero attached hydrogens (tertiary/aromatic N) is 2. The van der Waals surface area contributed by atoms with Gasteiger partial charge in [0.15, 0.2) is 0 Å². The van der Waals surface area contributed by atoms with Crippen LogP contribution in [0.25, 0.3) is 0 Å². The lowest BCUT2D eigenvalue weighted by Crippen LogP contribution is -2.19. The van der Waals surface area contributed by atoms with Crippen molar-refractivity contribution in [3.8, 4) is 0 Å². The second kappa shape index (κ2) is 5.68. The molecule has 1 heterocycles. The molecule has 0 spiro atoms. The summed E-state index contributed by atoms with van der Waals surface area (Å²) in [6.45, 7) is 5.74. The standard InChI is InChI=1S/C10H16N2O/c1-2-12-7-5-10(8-12)4-3-6-11-9-13/h3,6,10H,2,4-5,7-8H2,1H3/b6-3-. The van der Waals surface area contributed by atoms with Crippen LogP contribution in [0.2, 0.25) is 0 Å². The third-order valence-corrected chi connectivity index (χ3v) is 2.52. The summed E-state index contributed by atoms with van der Waals surface area (Å²) in [7, 11) is 0. The van der Waals surface area contributed by atoms with E-state index in [-0.39, 0.29) is 0 Å². The van der Waals surface area contributed by atoms with Crippen molar-refractivity contribution in [2.45, 2.75) is 19.8 Å². The van der Waals surface area contributed by atoms with Crippen LogP contribution in [-0.2, 0) is 4.79 Å². The predicted molar refractivity (Wildman–Crippen MR) is 52.1 cm³/mol. The van der Waals surface area contributed by atoms with Gasteiger partial charge in [-0.2, -0.15) is 4.99 Å². The van der Waals surface area contributed by atoms with Crippen molar-refractivity contribution < 1.29 is 4.79 Å². The van der Waals surface area contributed by atoms with E-state index in [1.165, 1.54) is 25.6 Å². The fraction of sp³-hybridized carbons (Fsp3) is 0.700. The van der Waals surface area contributed by atoms with Crippen LogP contribution >= 0.6 is 0 Å². The lowest BCUT2D eigenvalue weighted by molar-refractivity contribution is 0.342. The minimum atomic E-state index is 0.748. The Morgan fingerprint density at radius 3 is 3.15 bits per heavy atom. The Bertz CT molecular complexity index is 219. The maximum atomic E-state index is 9.75. The topological polar surface area (TPSA) is 32.7 Å². The fourth-order valence-electron chi connectivity index (χ4n) is 1.73. The minimum absolute atomic E-state index is 0.748. The van der Waals surface area contributed by atoms with Crippen molar-refractivity contribution >= 4 is 6.08 Å². The van der Waals surface area contributed by atoms with Gasteiger partial charge in [0.2, 0.25) is 6.08 Å². The number of likely N-dealkylation sites (tertiary alicyclic amines) is 1. The van der Waals surface area contributed by atoms with E-state index in [1.807, 2.05) is 6.08 Å². The first-order valence-electron chi connectivity index (χ1n) is 4.81. The third kappa shape index (κ3) is 3.53. The smallest absolute Gasteiger partial charge is 0.239 e. The maximum Gasteiger partial charge on any atom is 0.239 e. The summed E-state index contributed by atoms with van der Waals surface area (Å²) in [4.78, 5) is 15.6. The highest BCUT2D eigenvalue weighted by atomic mass is 16.1. The van der Waals surface area contributed by atoms with Gasteiger partial charge in [-0.05, 0) is 31.8 Å². The molecule has 0 saturated carbocycles. The van der Waals surface area contributed by atoms with E-state index >= 15 is 0 Å². The van der Waals surface area contributed by atoms with Crippen LogP contribution in [-0.4, -0.2) is 30.6 Å². The minimum Gasteiger partial charge on any atom is -0.303 e. The molecular weight excluding hydrogens is 164 g/mol. The van der Waals surface area contributed by atoms with Crippen LogP contribution in [0.1, 0.15) is 19.8 Å². The van der Waals surface area contributed by atoms with Crippen molar-refractivity contribution in [3.63, 3.8) is 0 Å². The highest BCUT2D eigenvalue weighted by Gasteiger charge is 2.19. The van der Waals surface area contributed by atoms with Crippen LogP contribution in [0.15, 0.2) is 17.3 Å². The first kappa shape index (κ1) is 10.2. The molecular formula is C10H16N2O. The van der Waals surface area contributed by atoms with Crippen molar-refractivity contribution in [1.29, 1.82) is 0 Å². The van der Waals surface area contributed by atoms with Crippen molar-refractivity contribution in [2.75, 3.05) is 19.6 Å². The van der Waals surface area contributed by atoms with Gasteiger partial charge in [-0.3, -0.25) is 0 Å². The van der Waals surface area contributed by atoms with Crippen LogP contribution in [0.5, 0.6) is 0 Å². The molecule has 0 aromatic carbocycles. The zero-order chi connectivity index (χ0) is 9.52. The highest BCUT2D eigenvalue weighted by molar-refractivity contribution is 5.34. The number of aliphatic imine (C=N–C) groups is 1. The zero-order valence-corrected chi connectivity index (χ0v) is 8.07. The normalized spacial score (nSPS) is 23.6. The molecule has 13 heavy (non-hydrogen) atoms. The van der Waals surface area contributed by atoms with E-state index in [0.717, 1.165) is 18.9 Å². The molecule has 1 atom stereocenters. The molecule has 0 bridgehead atoms. The van der Waals surface area contributed by atoms with Crippen molar-refractivity contribution in [3.05, 3.63) is 12.3 Å². The van der Waals surface area contributed by atoms with Crippen LogP contribution in [0.3, 0.4) is 0 Å². The summed E-state index contributed by atoms with van der Waals surface area (Å²) in [5.41, 5.74) is 0. The van der Waals surface area contributed by atoms with Gasteiger partial charge in [-0.15, -0.1) is 0 Å². The van der Waals surface area contributed by atoms with Crippen molar-refractivity contribution in [2.24, 2.45) is 10.9 Å². The van der Waals surface area contributed by atoms with Gasteiger partial charge in [0.1, 0.15) is 0 Å². The molecule has 1 aliphatic rings. The Hall–Kier alpha value is -0.920. The summed E-state index contributed by atoms with van der Waals surface area (Å²) in [5.74, 6) is 0.748. The third-order valence-electron chi connectivity index (χ3n) is 2.52. The number of allylic oxidation sites excluding steroid dienone is 1. The van der Waals surface area contributed by atoms with Crippen molar-refractivity contribution in [1.82, 2.24) is 4.90 Å². The van der Waals surface area contributed by atoms with E-state index in [1.54, 1.807) is 6.20 Å². The Labute approximate surface area is 79.1 Å². The number of rotatable bonds is 4. The molecule has 1 unspecified atom stereocenters. The largest absolute Gasteiger partial charge is 0.303 e. The highest BCUT2D eigenvalue weighted by Crippen LogP contribution is 2.19. The second-order valence-electron chi connectivity index (χ2n) is 3.39. The molecule has 1 saturated heterocycles. The Morgan fingerprint density at radius 2 is 2.54 bits per heavy atom. The molecule has 1 aliphatic heterocycles. The Morgan fingerprint density at radius 1 is 1.69 bits per heavy atom. The molecule has 3 nitrogen and oxygen atoms in total. The predicted octanol–water partition coefficient (Wildman–Crippen LogP) is 1.57. The SMILES string of the molecule is CCN1CCC(C/C=C\N=C=O)C1. The van der Waals surface area contributed by atoms with Gasteiger partial charge >= 0.3 is 0 Å². The van der Waals surface area contributed by atoms with E-state index < -0.39 is 0 Å². The molecule has 0 N–H and O–H groups in total. The van der Waals surface area contributed by atoms with Crippen LogP contribution in [0.4, 0.5) is 0 Å². The molecule has 1 fully saturated rings. The average Bonchev–Trinajstić information content (AvgIpc) is 2.60. The van der Waals surface area contributed by atoms with Crippen LogP contribution < -0.4 is 0 Å². The van der Waals surface area contributed by atoms with E-state index in [9.17, 15) is 4.79 Å². The first-order valence-corrected chi connectivity index (χ1v) is 4.81. The lowest BCUT2D eigenvalue weighted by Gasteiger charge is -2.11. The average molecular weight is 180 g/mol. The second-order valence-corrected chi connectivity index (χ2v) is 3.39. The summed E-state index contributed by atoms with van der Waals surface area (Å²) in [6.07, 6.45) is 7.28. The summed E-state index contributed by atoms with van der Waals surface area (Å²) < 4.78 is 0. The first-order chi connectivity index (χ1) is 6.36. The molecule has 0 aromatic rings. The van der Waals surface area contributed by atoms with Gasteiger partial charge in [0.25, 0.3) is 0 Å². The fourth-order valence-corrected chi connectivity index (χ4v) is 1.73. The quantitative estimate of drug-likeness (QED) is 0.486. The molecule has 0 amide bonds. The molecule has 72 valence electrons. The van der Waals surface area contributed by atoms with Gasteiger partial charge in [-0.25, -0.2) is 4.79 Å². The van der Waals surface area contributed by atoms with E-state index in [0.29, 0.717) is 0 Å². The van der Waals surface area contributed by atoms with E-state index in [4.69, 9.17) is 0 Å². The van der Waals surface area contributed by atoms with E-state index in [2.05, 4.69) is 16.8 Å². The number of isocyanates is 1. The number of carbonyl (C=O) groups excluding carboxylic acids is 1. The number of hydrogen-bond donors (Lipinski definition) is 0. The molecule has 0 aliphatic carbocycles. The molecule has 0 aromatic heterocycles. The molecule has 1 rings (SSSR count). The maximum absolute atomic E-state index is 9.75. The summed E-state index contributed by atoms with van der Waals surface area (Å²) >= 11 is 0. The van der Waals surface area contributed by atoms with Crippen LogP contribution in [0, 0.1) is 5.92 Å². The summed E-state index contributed by atoms with van der Waals surface area (Å²) in [5, 5.41) is 0. The zero-order valence-electron chi connectivity index (χ0n) is 8.07.